The molecule has 0 saturated heterocycles. The van der Waals surface area contributed by atoms with Gasteiger partial charge in [-0.15, -0.1) is 0 Å². The highest BCUT2D eigenvalue weighted by Crippen LogP contribution is 2.44. The average Bonchev–Trinajstić information content (AvgIpc) is 3.10. The third kappa shape index (κ3) is 4.04. The van der Waals surface area contributed by atoms with Crippen LogP contribution < -0.4 is 0 Å². The van der Waals surface area contributed by atoms with Crippen LogP contribution in [-0.4, -0.2) is 42.4 Å². The van der Waals surface area contributed by atoms with Gasteiger partial charge in [0, 0.05) is 25.6 Å². The molecule has 2 aromatic rings. The quantitative estimate of drug-likeness (QED) is 0.734. The van der Waals surface area contributed by atoms with Gasteiger partial charge in [-0.25, -0.2) is 4.79 Å². The highest BCUT2D eigenvalue weighted by molar-refractivity contribution is 5.79. The molecule has 2 aliphatic rings. The zero-order chi connectivity index (χ0) is 20.2. The van der Waals surface area contributed by atoms with Crippen LogP contribution in [0, 0.1) is 5.92 Å². The summed E-state index contributed by atoms with van der Waals surface area (Å²) in [5.74, 6) is 0.534. The molecule has 2 aromatic carbocycles. The number of benzene rings is 2. The minimum Gasteiger partial charge on any atom is -0.448 e. The van der Waals surface area contributed by atoms with Gasteiger partial charge in [-0.3, -0.25) is 0 Å². The number of fused-ring (bicyclic) bond motifs is 3. The van der Waals surface area contributed by atoms with Crippen molar-refractivity contribution < 1.29 is 14.6 Å². The van der Waals surface area contributed by atoms with E-state index in [1.54, 1.807) is 4.90 Å². The predicted molar refractivity (Wildman–Crippen MR) is 115 cm³/mol. The number of ether oxygens (including phenoxy) is 1. The third-order valence-corrected chi connectivity index (χ3v) is 6.74. The van der Waals surface area contributed by atoms with Crippen molar-refractivity contribution in [3.05, 3.63) is 59.7 Å². The van der Waals surface area contributed by atoms with E-state index in [0.29, 0.717) is 18.9 Å². The van der Waals surface area contributed by atoms with E-state index in [9.17, 15) is 9.90 Å². The second kappa shape index (κ2) is 9.00. The molecule has 29 heavy (non-hydrogen) atoms. The topological polar surface area (TPSA) is 49.8 Å². The van der Waals surface area contributed by atoms with Crippen LogP contribution in [0.2, 0.25) is 0 Å². The number of hydrogen-bond acceptors (Lipinski definition) is 3. The van der Waals surface area contributed by atoms with Gasteiger partial charge in [-0.05, 0) is 47.4 Å². The molecule has 1 saturated carbocycles. The molecule has 1 atom stereocenters. The zero-order valence-corrected chi connectivity index (χ0v) is 17.2. The molecule has 0 radical (unpaired) electrons. The van der Waals surface area contributed by atoms with Crippen molar-refractivity contribution in [2.75, 3.05) is 20.3 Å². The lowest BCUT2D eigenvalue weighted by Crippen LogP contribution is -2.43. The maximum absolute atomic E-state index is 12.9. The molecule has 4 rings (SSSR count). The maximum Gasteiger partial charge on any atom is 0.409 e. The van der Waals surface area contributed by atoms with Gasteiger partial charge in [0.15, 0.2) is 0 Å². The van der Waals surface area contributed by atoms with E-state index < -0.39 is 0 Å². The van der Waals surface area contributed by atoms with Gasteiger partial charge >= 0.3 is 6.09 Å². The highest BCUT2D eigenvalue weighted by atomic mass is 16.6. The van der Waals surface area contributed by atoms with Gasteiger partial charge in [0.05, 0.1) is 0 Å². The van der Waals surface area contributed by atoms with Crippen LogP contribution in [-0.2, 0) is 4.74 Å². The van der Waals surface area contributed by atoms with Gasteiger partial charge in [-0.1, -0.05) is 67.8 Å². The minimum absolute atomic E-state index is 0.0518. The Morgan fingerprint density at radius 1 is 1.03 bits per heavy atom. The molecule has 2 aliphatic carbocycles. The van der Waals surface area contributed by atoms with Crippen LogP contribution in [0.3, 0.4) is 0 Å². The number of aliphatic hydroxyl groups excluding tert-OH is 1. The summed E-state index contributed by atoms with van der Waals surface area (Å²) in [4.78, 5) is 14.6. The Bertz CT molecular complexity index is 798. The van der Waals surface area contributed by atoms with E-state index in [-0.39, 0.29) is 24.7 Å². The fourth-order valence-electron chi connectivity index (χ4n) is 5.23. The largest absolute Gasteiger partial charge is 0.448 e. The summed E-state index contributed by atoms with van der Waals surface area (Å²) in [7, 11) is 1.83. The number of nitrogens with zero attached hydrogens (tertiary/aromatic N) is 1. The molecule has 0 aromatic heterocycles. The Morgan fingerprint density at radius 2 is 1.62 bits per heavy atom. The standard InChI is InChI=1S/C25H31NO3/c1-26(24(15-16-27)18-9-3-2-4-10-18)25(28)29-17-23-21-13-7-5-11-19(21)20-12-6-8-14-22(20)23/h5-8,11-14,18,23-24,27H,2-4,9-10,15-17H2,1H3. The van der Waals surface area contributed by atoms with Gasteiger partial charge in [0.25, 0.3) is 0 Å². The Hall–Kier alpha value is -2.33. The number of aliphatic hydroxyl groups is 1. The lowest BCUT2D eigenvalue weighted by Gasteiger charge is -2.36. The van der Waals surface area contributed by atoms with E-state index in [4.69, 9.17) is 4.74 Å². The van der Waals surface area contributed by atoms with Crippen LogP contribution in [0.25, 0.3) is 11.1 Å². The van der Waals surface area contributed by atoms with E-state index in [1.807, 2.05) is 19.2 Å². The second-order valence-electron chi connectivity index (χ2n) is 8.39. The maximum atomic E-state index is 12.9. The summed E-state index contributed by atoms with van der Waals surface area (Å²) in [6.07, 6.45) is 6.30. The molecule has 0 spiro atoms. The summed E-state index contributed by atoms with van der Waals surface area (Å²) in [5, 5.41) is 9.54. The summed E-state index contributed by atoms with van der Waals surface area (Å²) in [5.41, 5.74) is 4.92. The van der Waals surface area contributed by atoms with Gasteiger partial charge < -0.3 is 14.7 Å². The monoisotopic (exact) mass is 393 g/mol. The zero-order valence-electron chi connectivity index (χ0n) is 17.2. The van der Waals surface area contributed by atoms with Gasteiger partial charge in [0.2, 0.25) is 0 Å². The number of carbonyl (C=O) groups excluding carboxylic acids is 1. The van der Waals surface area contributed by atoms with E-state index in [0.717, 1.165) is 12.8 Å². The molecular weight excluding hydrogens is 362 g/mol. The fraction of sp³-hybridized carbons (Fsp3) is 0.480. The molecular formula is C25H31NO3. The highest BCUT2D eigenvalue weighted by Gasteiger charge is 2.32. The van der Waals surface area contributed by atoms with Crippen molar-refractivity contribution in [1.29, 1.82) is 0 Å². The molecule has 0 aliphatic heterocycles. The summed E-state index contributed by atoms with van der Waals surface area (Å²) >= 11 is 0. The van der Waals surface area contributed by atoms with Gasteiger partial charge in [-0.2, -0.15) is 0 Å². The second-order valence-corrected chi connectivity index (χ2v) is 8.39. The summed E-state index contributed by atoms with van der Waals surface area (Å²) < 4.78 is 5.82. The number of rotatable bonds is 6. The minimum atomic E-state index is -0.282. The molecule has 1 unspecified atom stereocenters. The molecule has 1 amide bonds. The van der Waals surface area contributed by atoms with Crippen LogP contribution in [0.5, 0.6) is 0 Å². The molecule has 4 nitrogen and oxygen atoms in total. The lowest BCUT2D eigenvalue weighted by molar-refractivity contribution is 0.0667. The van der Waals surface area contributed by atoms with Crippen molar-refractivity contribution in [2.45, 2.75) is 50.5 Å². The molecule has 154 valence electrons. The Balaban J connectivity index is 1.46. The molecule has 4 heteroatoms. The van der Waals surface area contributed by atoms with Crippen molar-refractivity contribution in [3.63, 3.8) is 0 Å². The summed E-state index contributed by atoms with van der Waals surface area (Å²) in [6.45, 7) is 0.440. The Kier molecular flexibility index (Phi) is 6.19. The average molecular weight is 394 g/mol. The van der Waals surface area contributed by atoms with Crippen molar-refractivity contribution >= 4 is 6.09 Å². The first-order valence-corrected chi connectivity index (χ1v) is 10.9. The molecule has 0 bridgehead atoms. The number of amides is 1. The van der Waals surface area contributed by atoms with Crippen LogP contribution >= 0.6 is 0 Å². The smallest absolute Gasteiger partial charge is 0.409 e. The SMILES string of the molecule is CN(C(=O)OCC1c2ccccc2-c2ccccc21)C(CCO)C1CCCCC1. The fourth-order valence-corrected chi connectivity index (χ4v) is 5.23. The summed E-state index contributed by atoms with van der Waals surface area (Å²) in [6, 6.07) is 16.8. The van der Waals surface area contributed by atoms with Crippen LogP contribution in [0.15, 0.2) is 48.5 Å². The van der Waals surface area contributed by atoms with E-state index >= 15 is 0 Å². The molecule has 0 heterocycles. The normalized spacial score (nSPS) is 17.4. The van der Waals surface area contributed by atoms with Crippen molar-refractivity contribution in [3.8, 4) is 11.1 Å². The Labute approximate surface area is 173 Å². The van der Waals surface area contributed by atoms with Gasteiger partial charge in [0.1, 0.15) is 6.61 Å². The van der Waals surface area contributed by atoms with Crippen LogP contribution in [0.4, 0.5) is 4.79 Å². The predicted octanol–water partition coefficient (Wildman–Crippen LogP) is 5.20. The number of hydrogen-bond donors (Lipinski definition) is 1. The first-order valence-electron chi connectivity index (χ1n) is 10.9. The first-order chi connectivity index (χ1) is 14.2. The van der Waals surface area contributed by atoms with Crippen molar-refractivity contribution in [1.82, 2.24) is 4.90 Å². The third-order valence-electron chi connectivity index (χ3n) is 6.74. The first kappa shape index (κ1) is 20.0. The van der Waals surface area contributed by atoms with E-state index in [1.165, 1.54) is 41.5 Å². The Morgan fingerprint density at radius 3 is 2.21 bits per heavy atom. The van der Waals surface area contributed by atoms with E-state index in [2.05, 4.69) is 36.4 Å². The molecule has 1 fully saturated rings. The number of carbonyl (C=O) groups is 1. The molecule has 1 N–H and O–H groups in total. The van der Waals surface area contributed by atoms with Crippen molar-refractivity contribution in [2.24, 2.45) is 5.92 Å². The lowest BCUT2D eigenvalue weighted by atomic mass is 9.82. The van der Waals surface area contributed by atoms with Crippen LogP contribution in [0.1, 0.15) is 55.6 Å².